The summed E-state index contributed by atoms with van der Waals surface area (Å²) in [7, 11) is 0. The van der Waals surface area contributed by atoms with Crippen molar-refractivity contribution in [2.24, 2.45) is 0 Å². The molecule has 1 aromatic rings. The highest BCUT2D eigenvalue weighted by Gasteiger charge is 1.89. The van der Waals surface area contributed by atoms with Gasteiger partial charge in [0, 0.05) is 18.2 Å². The lowest BCUT2D eigenvalue weighted by Crippen LogP contribution is -2.13. The molecule has 56 valence electrons. The van der Waals surface area contributed by atoms with Crippen LogP contribution < -0.4 is 4.80 Å². The fourth-order valence-corrected chi connectivity index (χ4v) is 1.18. The molecule has 1 N–H and O–H groups in total. The summed E-state index contributed by atoms with van der Waals surface area (Å²) in [6, 6.07) is 0. The van der Waals surface area contributed by atoms with Crippen molar-refractivity contribution in [1.82, 2.24) is 4.57 Å². The van der Waals surface area contributed by atoms with Gasteiger partial charge in [0.2, 0.25) is 0 Å². The predicted octanol–water partition coefficient (Wildman–Crippen LogP) is 1.02. The van der Waals surface area contributed by atoms with Gasteiger partial charge >= 0.3 is 0 Å². The summed E-state index contributed by atoms with van der Waals surface area (Å²) in [6.07, 6.45) is 1.85. The van der Waals surface area contributed by atoms with Gasteiger partial charge in [-0.05, 0) is 6.92 Å². The highest BCUT2D eigenvalue weighted by atomic mass is 32.1. The minimum absolute atomic E-state index is 0.499. The minimum Gasteiger partial charge on any atom is -0.361 e. The Morgan fingerprint density at radius 1 is 1.80 bits per heavy atom. The van der Waals surface area contributed by atoms with Crippen LogP contribution in [0, 0.1) is 5.41 Å². The summed E-state index contributed by atoms with van der Waals surface area (Å²) in [4.78, 5) is 0.536. The lowest BCUT2D eigenvalue weighted by molar-refractivity contribution is 0.0857. The number of hydrogen-bond acceptors (Lipinski definition) is 3. The number of aromatic nitrogens is 1. The zero-order valence-electron chi connectivity index (χ0n) is 5.83. The molecular formula is C6H10N2OS. The molecule has 0 aliphatic heterocycles. The first-order valence-electron chi connectivity index (χ1n) is 3.11. The van der Waals surface area contributed by atoms with E-state index in [4.69, 9.17) is 10.1 Å². The van der Waals surface area contributed by atoms with Crippen LogP contribution in [0.5, 0.6) is 0 Å². The molecule has 0 saturated heterocycles. The quantitative estimate of drug-likeness (QED) is 0.700. The topological polar surface area (TPSA) is 38.0 Å². The Morgan fingerprint density at radius 3 is 3.10 bits per heavy atom. The van der Waals surface area contributed by atoms with Crippen LogP contribution in [0.2, 0.25) is 0 Å². The molecule has 0 aliphatic rings. The molecule has 0 amide bonds. The van der Waals surface area contributed by atoms with E-state index in [0.717, 1.165) is 0 Å². The molecule has 0 unspecified atom stereocenters. The van der Waals surface area contributed by atoms with Crippen LogP contribution in [-0.4, -0.2) is 11.2 Å². The van der Waals surface area contributed by atoms with Gasteiger partial charge in [0.25, 0.3) is 0 Å². The van der Waals surface area contributed by atoms with E-state index >= 15 is 0 Å². The summed E-state index contributed by atoms with van der Waals surface area (Å²) < 4.78 is 6.87. The van der Waals surface area contributed by atoms with E-state index in [0.29, 0.717) is 18.1 Å². The first-order chi connectivity index (χ1) is 4.84. The van der Waals surface area contributed by atoms with Crippen molar-refractivity contribution in [3.63, 3.8) is 0 Å². The summed E-state index contributed by atoms with van der Waals surface area (Å²) in [5.74, 6) is 0. The van der Waals surface area contributed by atoms with Crippen LogP contribution in [0.1, 0.15) is 6.92 Å². The summed E-state index contributed by atoms with van der Waals surface area (Å²) in [6.45, 7) is 3.14. The highest BCUT2D eigenvalue weighted by Crippen LogP contribution is 1.88. The van der Waals surface area contributed by atoms with E-state index < -0.39 is 0 Å². The molecule has 1 rings (SSSR count). The van der Waals surface area contributed by atoms with Gasteiger partial charge in [-0.25, -0.2) is 0 Å². The van der Waals surface area contributed by atoms with Gasteiger partial charge < -0.3 is 9.30 Å². The SMILES string of the molecule is CCOCn1ccsc1=N. The number of nitrogens with one attached hydrogen (secondary N) is 1. The van der Waals surface area contributed by atoms with Crippen molar-refractivity contribution in [3.8, 4) is 0 Å². The molecule has 0 spiro atoms. The Kier molecular flexibility index (Phi) is 2.65. The van der Waals surface area contributed by atoms with Crippen molar-refractivity contribution >= 4 is 11.3 Å². The van der Waals surface area contributed by atoms with Crippen LogP contribution >= 0.6 is 11.3 Å². The van der Waals surface area contributed by atoms with Crippen molar-refractivity contribution in [2.45, 2.75) is 13.7 Å². The second-order valence-corrected chi connectivity index (χ2v) is 2.69. The standard InChI is InChI=1S/C6H10N2OS/c1-2-9-5-8-3-4-10-6(8)7/h3-4,7H,2,5H2,1H3. The zero-order valence-corrected chi connectivity index (χ0v) is 6.65. The summed E-state index contributed by atoms with van der Waals surface area (Å²) in [5.41, 5.74) is 0. The van der Waals surface area contributed by atoms with E-state index in [2.05, 4.69) is 0 Å². The number of hydrogen-bond donors (Lipinski definition) is 1. The van der Waals surface area contributed by atoms with Gasteiger partial charge in [-0.15, -0.1) is 11.3 Å². The van der Waals surface area contributed by atoms with Gasteiger partial charge in [0.05, 0.1) is 0 Å². The number of nitrogens with zero attached hydrogens (tertiary/aromatic N) is 1. The van der Waals surface area contributed by atoms with Crippen molar-refractivity contribution < 1.29 is 4.74 Å². The maximum Gasteiger partial charge on any atom is 0.183 e. The van der Waals surface area contributed by atoms with E-state index in [9.17, 15) is 0 Å². The molecule has 0 radical (unpaired) electrons. The molecular weight excluding hydrogens is 148 g/mol. The fraction of sp³-hybridized carbons (Fsp3) is 0.500. The van der Waals surface area contributed by atoms with Crippen LogP contribution in [-0.2, 0) is 11.5 Å². The molecule has 0 aliphatic carbocycles. The molecule has 10 heavy (non-hydrogen) atoms. The van der Waals surface area contributed by atoms with E-state index in [1.807, 2.05) is 18.5 Å². The monoisotopic (exact) mass is 158 g/mol. The van der Waals surface area contributed by atoms with Gasteiger partial charge in [-0.3, -0.25) is 5.41 Å². The van der Waals surface area contributed by atoms with Gasteiger partial charge in [-0.2, -0.15) is 0 Å². The molecule has 0 saturated carbocycles. The van der Waals surface area contributed by atoms with Crippen LogP contribution in [0.4, 0.5) is 0 Å². The van der Waals surface area contributed by atoms with Gasteiger partial charge in [-0.1, -0.05) is 0 Å². The van der Waals surface area contributed by atoms with E-state index in [1.54, 1.807) is 4.57 Å². The zero-order chi connectivity index (χ0) is 7.40. The summed E-state index contributed by atoms with van der Waals surface area (Å²) >= 11 is 1.40. The second-order valence-electron chi connectivity index (χ2n) is 1.80. The average Bonchev–Trinajstić information content (AvgIpc) is 2.31. The first-order valence-corrected chi connectivity index (χ1v) is 3.99. The van der Waals surface area contributed by atoms with Crippen molar-refractivity contribution in [2.75, 3.05) is 6.61 Å². The average molecular weight is 158 g/mol. The molecule has 0 bridgehead atoms. The number of thiazole rings is 1. The Labute approximate surface area is 63.4 Å². The Bertz CT molecular complexity index is 240. The number of rotatable bonds is 3. The Morgan fingerprint density at radius 2 is 2.60 bits per heavy atom. The minimum atomic E-state index is 0.499. The smallest absolute Gasteiger partial charge is 0.183 e. The molecule has 0 aromatic carbocycles. The largest absolute Gasteiger partial charge is 0.361 e. The predicted molar refractivity (Wildman–Crippen MR) is 39.8 cm³/mol. The third-order valence-electron chi connectivity index (χ3n) is 1.12. The molecule has 0 atom stereocenters. The highest BCUT2D eigenvalue weighted by molar-refractivity contribution is 7.06. The van der Waals surface area contributed by atoms with Crippen LogP contribution in [0.25, 0.3) is 0 Å². The van der Waals surface area contributed by atoms with Crippen LogP contribution in [0.3, 0.4) is 0 Å². The fourth-order valence-electron chi connectivity index (χ4n) is 0.595. The summed E-state index contributed by atoms with van der Waals surface area (Å²) in [5, 5.41) is 9.21. The Hall–Kier alpha value is -0.610. The third-order valence-corrected chi connectivity index (χ3v) is 1.83. The van der Waals surface area contributed by atoms with E-state index in [-0.39, 0.29) is 0 Å². The first kappa shape index (κ1) is 7.50. The molecule has 1 aromatic heterocycles. The number of ether oxygens (including phenoxy) is 1. The maximum atomic E-state index is 7.33. The second kappa shape index (κ2) is 3.53. The molecule has 3 nitrogen and oxygen atoms in total. The van der Waals surface area contributed by atoms with E-state index in [1.165, 1.54) is 11.3 Å². The lowest BCUT2D eigenvalue weighted by Gasteiger charge is -1.99. The van der Waals surface area contributed by atoms with Gasteiger partial charge in [0.15, 0.2) is 4.80 Å². The maximum absolute atomic E-state index is 7.33. The lowest BCUT2D eigenvalue weighted by atomic mass is 10.8. The van der Waals surface area contributed by atoms with Crippen LogP contribution in [0.15, 0.2) is 11.6 Å². The normalized spacial score (nSPS) is 10.1. The van der Waals surface area contributed by atoms with Crippen molar-refractivity contribution in [1.29, 1.82) is 5.41 Å². The molecule has 1 heterocycles. The molecule has 0 fully saturated rings. The molecule has 4 heteroatoms. The van der Waals surface area contributed by atoms with Crippen molar-refractivity contribution in [3.05, 3.63) is 16.4 Å². The Balaban J connectivity index is 2.57. The third kappa shape index (κ3) is 1.68. The van der Waals surface area contributed by atoms with Gasteiger partial charge in [0.1, 0.15) is 6.73 Å².